The van der Waals surface area contributed by atoms with Crippen molar-refractivity contribution in [1.82, 2.24) is 4.90 Å². The van der Waals surface area contributed by atoms with Crippen LogP contribution in [0.25, 0.3) is 0 Å². The molecule has 0 spiro atoms. The van der Waals surface area contributed by atoms with Crippen LogP contribution in [0, 0.1) is 0 Å². The maximum Gasteiger partial charge on any atom is 0.301 e. The lowest BCUT2D eigenvalue weighted by molar-refractivity contribution is 0.438. The summed E-state index contributed by atoms with van der Waals surface area (Å²) in [6.45, 7) is 0.763. The van der Waals surface area contributed by atoms with Crippen molar-refractivity contribution >= 4 is 6.02 Å². The summed E-state index contributed by atoms with van der Waals surface area (Å²) in [5.41, 5.74) is 2.52. The van der Waals surface area contributed by atoms with Gasteiger partial charge in [-0.15, -0.1) is 0 Å². The van der Waals surface area contributed by atoms with Crippen molar-refractivity contribution in [3.63, 3.8) is 0 Å². The van der Waals surface area contributed by atoms with Crippen LogP contribution in [0.3, 0.4) is 0 Å². The third-order valence-electron chi connectivity index (χ3n) is 2.01. The Kier molecular flexibility index (Phi) is 0.733. The van der Waals surface area contributed by atoms with Crippen LogP contribution in [0.2, 0.25) is 0 Å². The number of allylic oxidation sites excluding steroid dienone is 1. The molecule has 0 aromatic carbocycles. The van der Waals surface area contributed by atoms with Crippen LogP contribution in [0.1, 0.15) is 0 Å². The minimum Gasteiger partial charge on any atom is -0.432 e. The molecule has 0 N–H and O–H groups in total. The topological polar surface area (TPSA) is 24.8 Å². The summed E-state index contributed by atoms with van der Waals surface area (Å²) < 4.78 is 5.14. The van der Waals surface area contributed by atoms with Crippen molar-refractivity contribution in [2.24, 2.45) is 4.99 Å². The molecular weight excluding hydrogens is 140 g/mol. The van der Waals surface area contributed by atoms with Gasteiger partial charge < -0.3 is 4.74 Å². The van der Waals surface area contributed by atoms with Gasteiger partial charge >= 0.3 is 6.02 Å². The molecule has 0 unspecified atom stereocenters. The molecule has 2 aliphatic heterocycles. The summed E-state index contributed by atoms with van der Waals surface area (Å²) in [4.78, 5) is 6.18. The van der Waals surface area contributed by atoms with Crippen LogP contribution < -0.4 is 0 Å². The number of fused-ring (bicyclic) bond motifs is 2. The maximum atomic E-state index is 5.14. The molecule has 0 aromatic rings. The van der Waals surface area contributed by atoms with Crippen molar-refractivity contribution in [1.29, 1.82) is 0 Å². The largest absolute Gasteiger partial charge is 0.432 e. The second-order valence-corrected chi connectivity index (χ2v) is 2.62. The average molecular weight is 146 g/mol. The Labute approximate surface area is 64.0 Å². The Morgan fingerprint density at radius 3 is 3.27 bits per heavy atom. The number of hydrogen-bond donors (Lipinski definition) is 0. The summed E-state index contributed by atoms with van der Waals surface area (Å²) in [5, 5.41) is 0. The molecule has 0 aromatic heterocycles. The molecule has 3 nitrogen and oxygen atoms in total. The van der Waals surface area contributed by atoms with Crippen molar-refractivity contribution in [3.05, 3.63) is 35.9 Å². The Morgan fingerprint density at radius 2 is 2.45 bits per heavy atom. The van der Waals surface area contributed by atoms with E-state index in [2.05, 4.69) is 17.1 Å². The highest BCUT2D eigenvalue weighted by molar-refractivity contribution is 5.83. The fraction of sp³-hybridized carbons (Fsp3) is 0.125. The Morgan fingerprint density at radius 1 is 1.45 bits per heavy atom. The predicted octanol–water partition coefficient (Wildman–Crippen LogP) is 0.983. The van der Waals surface area contributed by atoms with Crippen LogP contribution in [0.5, 0.6) is 0 Å². The minimum atomic E-state index is 0.702. The predicted molar refractivity (Wildman–Crippen MR) is 40.5 cm³/mol. The van der Waals surface area contributed by atoms with E-state index in [1.54, 1.807) is 6.26 Å². The van der Waals surface area contributed by atoms with Gasteiger partial charge in [-0.05, 0) is 11.6 Å². The van der Waals surface area contributed by atoms with Gasteiger partial charge in [-0.3, -0.25) is 4.90 Å². The first-order chi connectivity index (χ1) is 5.45. The first-order valence-electron chi connectivity index (χ1n) is 3.53. The fourth-order valence-corrected chi connectivity index (χ4v) is 1.37. The zero-order valence-electron chi connectivity index (χ0n) is 5.82. The fourth-order valence-electron chi connectivity index (χ4n) is 1.37. The van der Waals surface area contributed by atoms with Gasteiger partial charge in [0.05, 0.1) is 12.2 Å². The van der Waals surface area contributed by atoms with E-state index in [1.165, 1.54) is 11.3 Å². The van der Waals surface area contributed by atoms with Gasteiger partial charge in [0.25, 0.3) is 0 Å². The van der Waals surface area contributed by atoms with Crippen LogP contribution in [0.15, 0.2) is 40.9 Å². The molecule has 3 rings (SSSR count). The average Bonchev–Trinajstić information content (AvgIpc) is 2.34. The van der Waals surface area contributed by atoms with Crippen molar-refractivity contribution in [2.45, 2.75) is 0 Å². The van der Waals surface area contributed by atoms with E-state index in [0.29, 0.717) is 6.02 Å². The molecule has 0 amide bonds. The molecule has 0 radical (unpaired) electrons. The number of nitrogens with zero attached hydrogens (tertiary/aromatic N) is 2. The quantitative estimate of drug-likeness (QED) is 0.509. The standard InChI is InChI=1S/C8H6N2O/c1-2-7-6(1)5-9-8-10(7)3-4-11-8/h1-4H,5H2. The second-order valence-electron chi connectivity index (χ2n) is 2.62. The van der Waals surface area contributed by atoms with E-state index in [-0.39, 0.29) is 0 Å². The van der Waals surface area contributed by atoms with Crippen LogP contribution in [-0.4, -0.2) is 17.5 Å². The summed E-state index contributed by atoms with van der Waals surface area (Å²) in [7, 11) is 0. The van der Waals surface area contributed by atoms with Gasteiger partial charge in [-0.25, -0.2) is 4.99 Å². The summed E-state index contributed by atoms with van der Waals surface area (Å²) in [6.07, 6.45) is 7.70. The van der Waals surface area contributed by atoms with E-state index < -0.39 is 0 Å². The SMILES string of the molecule is C1=CN2C(=NCC3=C2C=C3)O1. The van der Waals surface area contributed by atoms with Crippen molar-refractivity contribution in [2.75, 3.05) is 6.54 Å². The molecule has 0 bridgehead atoms. The molecule has 11 heavy (non-hydrogen) atoms. The van der Waals surface area contributed by atoms with Crippen LogP contribution in [0.4, 0.5) is 0 Å². The van der Waals surface area contributed by atoms with Gasteiger partial charge in [0, 0.05) is 6.20 Å². The third-order valence-corrected chi connectivity index (χ3v) is 2.01. The Bertz CT molecular complexity index is 336. The summed E-state index contributed by atoms with van der Waals surface area (Å²) in [5.74, 6) is 0. The third kappa shape index (κ3) is 0.510. The van der Waals surface area contributed by atoms with Crippen molar-refractivity contribution < 1.29 is 4.74 Å². The number of aliphatic imine (C=N–C) groups is 1. The van der Waals surface area contributed by atoms with E-state index in [9.17, 15) is 0 Å². The van der Waals surface area contributed by atoms with Gasteiger partial charge in [0.1, 0.15) is 6.26 Å². The molecule has 0 atom stereocenters. The molecule has 3 heteroatoms. The van der Waals surface area contributed by atoms with E-state index in [1.807, 2.05) is 11.1 Å². The van der Waals surface area contributed by atoms with E-state index >= 15 is 0 Å². The molecule has 2 heterocycles. The first kappa shape index (κ1) is 5.18. The van der Waals surface area contributed by atoms with Gasteiger partial charge in [0.2, 0.25) is 0 Å². The monoisotopic (exact) mass is 146 g/mol. The highest BCUT2D eigenvalue weighted by Crippen LogP contribution is 2.29. The van der Waals surface area contributed by atoms with Crippen LogP contribution >= 0.6 is 0 Å². The summed E-state index contributed by atoms with van der Waals surface area (Å²) in [6, 6.07) is 0.702. The highest BCUT2D eigenvalue weighted by atomic mass is 16.5. The molecule has 1 aliphatic carbocycles. The lowest BCUT2D eigenvalue weighted by Crippen LogP contribution is -2.29. The second kappa shape index (κ2) is 1.56. The molecular formula is C8H6N2O. The maximum absolute atomic E-state index is 5.14. The molecule has 0 saturated carbocycles. The first-order valence-corrected chi connectivity index (χ1v) is 3.53. The molecule has 0 saturated heterocycles. The number of hydrogen-bond acceptors (Lipinski definition) is 3. The molecule has 3 aliphatic rings. The van der Waals surface area contributed by atoms with Gasteiger partial charge in [-0.1, -0.05) is 6.08 Å². The smallest absolute Gasteiger partial charge is 0.301 e. The van der Waals surface area contributed by atoms with E-state index in [0.717, 1.165) is 6.54 Å². The number of ether oxygens (including phenoxy) is 1. The van der Waals surface area contributed by atoms with Crippen LogP contribution in [-0.2, 0) is 4.74 Å². The minimum absolute atomic E-state index is 0.702. The molecule has 0 fully saturated rings. The lowest BCUT2D eigenvalue weighted by atomic mass is 10.0. The van der Waals surface area contributed by atoms with Gasteiger partial charge in [0.15, 0.2) is 0 Å². The number of rotatable bonds is 0. The highest BCUT2D eigenvalue weighted by Gasteiger charge is 2.27. The zero-order valence-corrected chi connectivity index (χ0v) is 5.82. The Hall–Kier alpha value is -1.51. The zero-order chi connectivity index (χ0) is 7.26. The summed E-state index contributed by atoms with van der Waals surface area (Å²) >= 11 is 0. The normalized spacial score (nSPS) is 24.0. The molecule has 54 valence electrons. The van der Waals surface area contributed by atoms with Gasteiger partial charge in [-0.2, -0.15) is 0 Å². The lowest BCUT2D eigenvalue weighted by Gasteiger charge is -2.27. The van der Waals surface area contributed by atoms with Crippen molar-refractivity contribution in [3.8, 4) is 0 Å². The van der Waals surface area contributed by atoms with E-state index in [4.69, 9.17) is 4.74 Å². The number of amidine groups is 1. The Balaban J connectivity index is 2.06.